The van der Waals surface area contributed by atoms with E-state index in [-0.39, 0.29) is 36.4 Å². The lowest BCUT2D eigenvalue weighted by atomic mass is 10.1. The van der Waals surface area contributed by atoms with Gasteiger partial charge in [-0.25, -0.2) is 0 Å². The molecule has 1 amide bonds. The highest BCUT2D eigenvalue weighted by Crippen LogP contribution is 2.28. The number of hydrogen-bond donors (Lipinski definition) is 0. The maximum absolute atomic E-state index is 12.1. The lowest BCUT2D eigenvalue weighted by Gasteiger charge is -2.21. The molecule has 0 aliphatic carbocycles. The standard InChI is InChI=1S/C18H25NO4/c1-12(2)15(20)10-11-17(21)23-16-9-7-6-8-14(16)19(5)18(22)13(3)4/h6-9,12-13H,10-11H2,1-5H3. The summed E-state index contributed by atoms with van der Waals surface area (Å²) in [7, 11) is 1.65. The van der Waals surface area contributed by atoms with Crippen molar-refractivity contribution in [2.75, 3.05) is 11.9 Å². The van der Waals surface area contributed by atoms with Crippen molar-refractivity contribution in [2.24, 2.45) is 11.8 Å². The summed E-state index contributed by atoms with van der Waals surface area (Å²) < 4.78 is 5.34. The van der Waals surface area contributed by atoms with Crippen molar-refractivity contribution in [2.45, 2.75) is 40.5 Å². The summed E-state index contributed by atoms with van der Waals surface area (Å²) in [4.78, 5) is 37.1. The van der Waals surface area contributed by atoms with Crippen LogP contribution in [0, 0.1) is 11.8 Å². The third-order valence-corrected chi connectivity index (χ3v) is 3.49. The fourth-order valence-electron chi connectivity index (χ4n) is 2.01. The monoisotopic (exact) mass is 319 g/mol. The van der Waals surface area contributed by atoms with Gasteiger partial charge in [0, 0.05) is 25.3 Å². The van der Waals surface area contributed by atoms with Crippen LogP contribution in [-0.4, -0.2) is 24.7 Å². The van der Waals surface area contributed by atoms with Gasteiger partial charge in [0.15, 0.2) is 5.75 Å². The first-order valence-corrected chi connectivity index (χ1v) is 7.84. The fraction of sp³-hybridized carbons (Fsp3) is 0.500. The van der Waals surface area contributed by atoms with Crippen LogP contribution in [0.1, 0.15) is 40.5 Å². The van der Waals surface area contributed by atoms with Crippen LogP contribution in [-0.2, 0) is 14.4 Å². The maximum Gasteiger partial charge on any atom is 0.311 e. The summed E-state index contributed by atoms with van der Waals surface area (Å²) in [5, 5.41) is 0. The molecule has 0 N–H and O–H groups in total. The number of benzene rings is 1. The second kappa shape index (κ2) is 8.46. The molecule has 0 spiro atoms. The molecule has 1 rings (SSSR count). The Bertz CT molecular complexity index is 578. The van der Waals surface area contributed by atoms with E-state index in [2.05, 4.69) is 0 Å². The molecule has 23 heavy (non-hydrogen) atoms. The molecule has 0 saturated heterocycles. The minimum absolute atomic E-state index is 0.0299. The van der Waals surface area contributed by atoms with E-state index in [9.17, 15) is 14.4 Å². The molecule has 0 aliphatic heterocycles. The number of nitrogens with zero attached hydrogens (tertiary/aromatic N) is 1. The lowest BCUT2D eigenvalue weighted by Crippen LogP contribution is -2.30. The van der Waals surface area contributed by atoms with Crippen molar-refractivity contribution in [1.82, 2.24) is 0 Å². The molecule has 0 aliphatic rings. The summed E-state index contributed by atoms with van der Waals surface area (Å²) >= 11 is 0. The zero-order valence-corrected chi connectivity index (χ0v) is 14.5. The van der Waals surface area contributed by atoms with Gasteiger partial charge in [0.1, 0.15) is 5.78 Å². The summed E-state index contributed by atoms with van der Waals surface area (Å²) in [5.74, 6) is -0.439. The van der Waals surface area contributed by atoms with Gasteiger partial charge in [0.25, 0.3) is 0 Å². The lowest BCUT2D eigenvalue weighted by molar-refractivity contribution is -0.136. The molecule has 0 atom stereocenters. The Kier molecular flexibility index (Phi) is 6.94. The SMILES string of the molecule is CC(C)C(=O)CCC(=O)Oc1ccccc1N(C)C(=O)C(C)C. The van der Waals surface area contributed by atoms with E-state index in [1.807, 2.05) is 13.8 Å². The van der Waals surface area contributed by atoms with Gasteiger partial charge in [0.2, 0.25) is 5.91 Å². The quantitative estimate of drug-likeness (QED) is 0.572. The largest absolute Gasteiger partial charge is 0.424 e. The average molecular weight is 319 g/mol. The normalized spacial score (nSPS) is 10.7. The van der Waals surface area contributed by atoms with Gasteiger partial charge in [-0.3, -0.25) is 14.4 Å². The highest BCUT2D eigenvalue weighted by molar-refractivity contribution is 5.96. The Morgan fingerprint density at radius 3 is 2.17 bits per heavy atom. The van der Waals surface area contributed by atoms with E-state index in [0.29, 0.717) is 11.4 Å². The third kappa shape index (κ3) is 5.51. The number of ketones is 1. The first-order chi connectivity index (χ1) is 10.7. The third-order valence-electron chi connectivity index (χ3n) is 3.49. The van der Waals surface area contributed by atoms with Crippen molar-refractivity contribution in [1.29, 1.82) is 0 Å². The van der Waals surface area contributed by atoms with E-state index in [4.69, 9.17) is 4.74 Å². The van der Waals surface area contributed by atoms with E-state index in [0.717, 1.165) is 0 Å². The molecule has 0 bridgehead atoms. The van der Waals surface area contributed by atoms with Crippen LogP contribution in [0.3, 0.4) is 0 Å². The van der Waals surface area contributed by atoms with Gasteiger partial charge in [-0.15, -0.1) is 0 Å². The number of ether oxygens (including phenoxy) is 1. The Balaban J connectivity index is 2.80. The summed E-state index contributed by atoms with van der Waals surface area (Å²) in [6.07, 6.45) is 0.201. The van der Waals surface area contributed by atoms with E-state index >= 15 is 0 Å². The van der Waals surface area contributed by atoms with Gasteiger partial charge >= 0.3 is 5.97 Å². The maximum atomic E-state index is 12.1. The number of Topliss-reactive ketones (excluding diaryl/α,β-unsaturated/α-hetero) is 1. The number of carbonyl (C=O) groups excluding carboxylic acids is 3. The molecule has 5 heteroatoms. The Labute approximate surface area is 137 Å². The van der Waals surface area contributed by atoms with Crippen LogP contribution in [0.25, 0.3) is 0 Å². The van der Waals surface area contributed by atoms with Gasteiger partial charge < -0.3 is 9.64 Å². The first-order valence-electron chi connectivity index (χ1n) is 7.84. The van der Waals surface area contributed by atoms with E-state index < -0.39 is 5.97 Å². The summed E-state index contributed by atoms with van der Waals surface area (Å²) in [6, 6.07) is 6.88. The highest BCUT2D eigenvalue weighted by atomic mass is 16.5. The van der Waals surface area contributed by atoms with E-state index in [1.165, 1.54) is 4.90 Å². The predicted molar refractivity (Wildman–Crippen MR) is 89.4 cm³/mol. The van der Waals surface area contributed by atoms with E-state index in [1.54, 1.807) is 45.2 Å². The van der Waals surface area contributed by atoms with Crippen LogP contribution >= 0.6 is 0 Å². The number of para-hydroxylation sites is 2. The fourth-order valence-corrected chi connectivity index (χ4v) is 2.01. The van der Waals surface area contributed by atoms with Crippen LogP contribution in [0.5, 0.6) is 5.75 Å². The zero-order chi connectivity index (χ0) is 17.6. The molecule has 1 aromatic rings. The minimum atomic E-state index is -0.475. The van der Waals surface area contributed by atoms with Crippen molar-refractivity contribution >= 4 is 23.3 Å². The van der Waals surface area contributed by atoms with Gasteiger partial charge in [-0.1, -0.05) is 39.8 Å². The summed E-state index contributed by atoms with van der Waals surface area (Å²) in [6.45, 7) is 7.22. The smallest absolute Gasteiger partial charge is 0.311 e. The Morgan fingerprint density at radius 1 is 1.00 bits per heavy atom. The average Bonchev–Trinajstić information content (AvgIpc) is 2.51. The number of anilines is 1. The topological polar surface area (TPSA) is 63.7 Å². The Hall–Kier alpha value is -2.17. The molecular formula is C18H25NO4. The van der Waals surface area contributed by atoms with Crippen molar-refractivity contribution < 1.29 is 19.1 Å². The van der Waals surface area contributed by atoms with Crippen LogP contribution in [0.15, 0.2) is 24.3 Å². The van der Waals surface area contributed by atoms with Crippen LogP contribution < -0.4 is 9.64 Å². The first kappa shape index (κ1) is 18.9. The summed E-state index contributed by atoms with van der Waals surface area (Å²) in [5.41, 5.74) is 0.537. The second-order valence-corrected chi connectivity index (χ2v) is 6.11. The number of hydrogen-bond acceptors (Lipinski definition) is 4. The van der Waals surface area contributed by atoms with Gasteiger partial charge in [-0.2, -0.15) is 0 Å². The number of amides is 1. The molecule has 0 radical (unpaired) electrons. The molecule has 0 saturated carbocycles. The molecule has 5 nitrogen and oxygen atoms in total. The molecule has 1 aromatic carbocycles. The number of carbonyl (C=O) groups is 3. The van der Waals surface area contributed by atoms with Gasteiger partial charge in [-0.05, 0) is 12.1 Å². The molecule has 0 unspecified atom stereocenters. The molecule has 0 fully saturated rings. The van der Waals surface area contributed by atoms with Crippen LogP contribution in [0.4, 0.5) is 5.69 Å². The van der Waals surface area contributed by atoms with Crippen molar-refractivity contribution in [3.63, 3.8) is 0 Å². The predicted octanol–water partition coefficient (Wildman–Crippen LogP) is 3.22. The Morgan fingerprint density at radius 2 is 1.61 bits per heavy atom. The number of esters is 1. The molecule has 126 valence electrons. The van der Waals surface area contributed by atoms with Crippen LogP contribution in [0.2, 0.25) is 0 Å². The molecule has 0 heterocycles. The zero-order valence-electron chi connectivity index (χ0n) is 14.5. The highest BCUT2D eigenvalue weighted by Gasteiger charge is 2.19. The minimum Gasteiger partial charge on any atom is -0.424 e. The van der Waals surface area contributed by atoms with Gasteiger partial charge in [0.05, 0.1) is 12.1 Å². The molecule has 0 aromatic heterocycles. The second-order valence-electron chi connectivity index (χ2n) is 6.11. The molecular weight excluding hydrogens is 294 g/mol. The number of rotatable bonds is 7. The van der Waals surface area contributed by atoms with Crippen molar-refractivity contribution in [3.05, 3.63) is 24.3 Å². The van der Waals surface area contributed by atoms with Crippen molar-refractivity contribution in [3.8, 4) is 5.75 Å².